The van der Waals surface area contributed by atoms with E-state index in [1.54, 1.807) is 12.3 Å². The Morgan fingerprint density at radius 1 is 1.27 bits per heavy atom. The summed E-state index contributed by atoms with van der Waals surface area (Å²) in [6, 6.07) is 10.6. The van der Waals surface area contributed by atoms with E-state index in [1.165, 1.54) is 34.8 Å². The SMILES string of the molecule is O=C(Cc1ccncn1)N[C@@H]1C(=O)N2C(C(=O)O)=C(CSc3ccccc3)CSC12. The molecule has 0 saturated carbocycles. The summed E-state index contributed by atoms with van der Waals surface area (Å²) in [5, 5.41) is 12.0. The predicted octanol–water partition coefficient (Wildman–Crippen LogP) is 1.55. The van der Waals surface area contributed by atoms with Gasteiger partial charge in [0.15, 0.2) is 0 Å². The number of amides is 2. The topological polar surface area (TPSA) is 112 Å². The molecule has 0 bridgehead atoms. The van der Waals surface area contributed by atoms with E-state index in [0.29, 0.717) is 22.8 Å². The average molecular weight is 443 g/mol. The van der Waals surface area contributed by atoms with Crippen molar-refractivity contribution in [1.82, 2.24) is 20.2 Å². The number of carboxylic acids is 1. The Bertz CT molecular complexity index is 1000. The van der Waals surface area contributed by atoms with Crippen LogP contribution in [0.3, 0.4) is 0 Å². The molecule has 1 unspecified atom stereocenters. The lowest BCUT2D eigenvalue weighted by Crippen LogP contribution is -2.70. The van der Waals surface area contributed by atoms with E-state index in [9.17, 15) is 19.5 Å². The number of aliphatic carboxylic acids is 1. The summed E-state index contributed by atoms with van der Waals surface area (Å²) < 4.78 is 0. The van der Waals surface area contributed by atoms with Crippen LogP contribution in [0.15, 0.2) is 65.1 Å². The van der Waals surface area contributed by atoms with Crippen molar-refractivity contribution in [3.63, 3.8) is 0 Å². The maximum atomic E-state index is 12.7. The molecule has 1 fully saturated rings. The zero-order chi connectivity index (χ0) is 21.1. The molecule has 1 saturated heterocycles. The number of hydrogen-bond donors (Lipinski definition) is 2. The van der Waals surface area contributed by atoms with Gasteiger partial charge in [0.05, 0.1) is 12.1 Å². The Morgan fingerprint density at radius 2 is 2.07 bits per heavy atom. The first-order chi connectivity index (χ1) is 14.5. The second-order valence-corrected chi connectivity index (χ2v) is 8.85. The van der Waals surface area contributed by atoms with Gasteiger partial charge in [-0.2, -0.15) is 0 Å². The van der Waals surface area contributed by atoms with Crippen LogP contribution < -0.4 is 5.32 Å². The van der Waals surface area contributed by atoms with Crippen LogP contribution in [0, 0.1) is 0 Å². The molecule has 2 aliphatic rings. The number of benzene rings is 1. The highest BCUT2D eigenvalue weighted by Crippen LogP contribution is 2.41. The number of β-lactam (4-membered cyclic amide) rings is 1. The second-order valence-electron chi connectivity index (χ2n) is 6.69. The highest BCUT2D eigenvalue weighted by Gasteiger charge is 2.54. The summed E-state index contributed by atoms with van der Waals surface area (Å²) >= 11 is 3.00. The Hall–Kier alpha value is -2.85. The molecule has 0 spiro atoms. The quantitative estimate of drug-likeness (QED) is 0.491. The number of thioether (sulfide) groups is 2. The largest absolute Gasteiger partial charge is 0.477 e. The minimum Gasteiger partial charge on any atom is -0.477 e. The average Bonchev–Trinajstić information content (AvgIpc) is 2.76. The minimum atomic E-state index is -1.12. The molecule has 2 amide bonds. The van der Waals surface area contributed by atoms with Gasteiger partial charge in [0.1, 0.15) is 23.4 Å². The van der Waals surface area contributed by atoms with E-state index in [-0.39, 0.29) is 18.0 Å². The van der Waals surface area contributed by atoms with Crippen LogP contribution in [-0.4, -0.2) is 60.7 Å². The predicted molar refractivity (Wildman–Crippen MR) is 113 cm³/mol. The van der Waals surface area contributed by atoms with Crippen molar-refractivity contribution in [1.29, 1.82) is 0 Å². The lowest BCUT2D eigenvalue weighted by molar-refractivity contribution is -0.150. The molecule has 3 heterocycles. The third kappa shape index (κ3) is 4.19. The van der Waals surface area contributed by atoms with E-state index in [1.807, 2.05) is 30.3 Å². The van der Waals surface area contributed by atoms with Gasteiger partial charge in [-0.05, 0) is 23.8 Å². The maximum absolute atomic E-state index is 12.7. The summed E-state index contributed by atoms with van der Waals surface area (Å²) in [5.41, 5.74) is 1.29. The van der Waals surface area contributed by atoms with Gasteiger partial charge in [-0.25, -0.2) is 14.8 Å². The van der Waals surface area contributed by atoms with E-state index in [0.717, 1.165) is 4.90 Å². The number of nitrogens with one attached hydrogen (secondary N) is 1. The van der Waals surface area contributed by atoms with Crippen molar-refractivity contribution in [2.24, 2.45) is 0 Å². The molecule has 2 aromatic rings. The lowest BCUT2D eigenvalue weighted by atomic mass is 10.0. The number of hydrogen-bond acceptors (Lipinski definition) is 7. The summed E-state index contributed by atoms with van der Waals surface area (Å²) in [7, 11) is 0. The first-order valence-electron chi connectivity index (χ1n) is 9.16. The first-order valence-corrected chi connectivity index (χ1v) is 11.2. The van der Waals surface area contributed by atoms with Crippen molar-refractivity contribution in [3.8, 4) is 0 Å². The number of nitrogens with zero attached hydrogens (tertiary/aromatic N) is 3. The number of rotatable bonds is 7. The molecule has 4 rings (SSSR count). The molecule has 154 valence electrons. The van der Waals surface area contributed by atoms with Gasteiger partial charge >= 0.3 is 5.97 Å². The van der Waals surface area contributed by atoms with Gasteiger partial charge in [-0.15, -0.1) is 23.5 Å². The monoisotopic (exact) mass is 442 g/mol. The van der Waals surface area contributed by atoms with E-state index in [4.69, 9.17) is 0 Å². The van der Waals surface area contributed by atoms with E-state index >= 15 is 0 Å². The fraction of sp³-hybridized carbons (Fsp3) is 0.250. The number of carboxylic acid groups (broad SMARTS) is 1. The van der Waals surface area contributed by atoms with Gasteiger partial charge in [-0.1, -0.05) is 18.2 Å². The smallest absolute Gasteiger partial charge is 0.352 e. The zero-order valence-corrected chi connectivity index (χ0v) is 17.4. The Morgan fingerprint density at radius 3 is 2.77 bits per heavy atom. The van der Waals surface area contributed by atoms with Crippen LogP contribution >= 0.6 is 23.5 Å². The molecule has 1 aromatic carbocycles. The van der Waals surface area contributed by atoms with Crippen molar-refractivity contribution in [3.05, 3.63) is 65.9 Å². The van der Waals surface area contributed by atoms with Crippen molar-refractivity contribution < 1.29 is 19.5 Å². The molecule has 10 heteroatoms. The van der Waals surface area contributed by atoms with Crippen molar-refractivity contribution in [2.75, 3.05) is 11.5 Å². The molecular weight excluding hydrogens is 424 g/mol. The summed E-state index contributed by atoms with van der Waals surface area (Å²) in [5.74, 6) is -0.877. The minimum absolute atomic E-state index is 0.0320. The second kappa shape index (κ2) is 8.88. The third-order valence-electron chi connectivity index (χ3n) is 4.71. The first kappa shape index (κ1) is 20.4. The van der Waals surface area contributed by atoms with Crippen molar-refractivity contribution >= 4 is 41.3 Å². The molecule has 0 aliphatic carbocycles. The van der Waals surface area contributed by atoms with Gasteiger partial charge in [0.2, 0.25) is 5.91 Å². The van der Waals surface area contributed by atoms with Crippen LogP contribution in [0.5, 0.6) is 0 Å². The highest BCUT2D eigenvalue weighted by molar-refractivity contribution is 8.01. The number of fused-ring (bicyclic) bond motifs is 1. The summed E-state index contributed by atoms with van der Waals surface area (Å²) in [6.45, 7) is 0. The zero-order valence-electron chi connectivity index (χ0n) is 15.7. The molecule has 30 heavy (non-hydrogen) atoms. The molecule has 2 N–H and O–H groups in total. The Kier molecular flexibility index (Phi) is 6.05. The van der Waals surface area contributed by atoms with Gasteiger partial charge in [0.25, 0.3) is 5.91 Å². The highest BCUT2D eigenvalue weighted by atomic mass is 32.2. The molecule has 2 atom stereocenters. The number of carbonyl (C=O) groups excluding carboxylic acids is 2. The Labute approximate surface area is 181 Å². The van der Waals surface area contributed by atoms with Crippen LogP contribution in [0.1, 0.15) is 5.69 Å². The van der Waals surface area contributed by atoms with Gasteiger partial charge in [-0.3, -0.25) is 14.5 Å². The van der Waals surface area contributed by atoms with E-state index in [2.05, 4.69) is 15.3 Å². The fourth-order valence-corrected chi connectivity index (χ4v) is 5.70. The van der Waals surface area contributed by atoms with Crippen LogP contribution in [0.25, 0.3) is 0 Å². The van der Waals surface area contributed by atoms with Gasteiger partial charge < -0.3 is 10.4 Å². The van der Waals surface area contributed by atoms with Gasteiger partial charge in [0, 0.05) is 22.6 Å². The number of aromatic nitrogens is 2. The molecule has 0 radical (unpaired) electrons. The van der Waals surface area contributed by atoms with Crippen molar-refractivity contribution in [2.45, 2.75) is 22.7 Å². The molecule has 8 nitrogen and oxygen atoms in total. The molecule has 2 aliphatic heterocycles. The Balaban J connectivity index is 1.43. The number of carbonyl (C=O) groups is 3. The molecule has 1 aromatic heterocycles. The summed E-state index contributed by atoms with van der Waals surface area (Å²) in [4.78, 5) is 47.0. The maximum Gasteiger partial charge on any atom is 0.352 e. The molecular formula is C20H18N4O4S2. The van der Waals surface area contributed by atoms with Crippen LogP contribution in [-0.2, 0) is 20.8 Å². The summed E-state index contributed by atoms with van der Waals surface area (Å²) in [6.07, 6.45) is 2.93. The third-order valence-corrected chi connectivity index (χ3v) is 7.15. The van der Waals surface area contributed by atoms with Crippen LogP contribution in [0.2, 0.25) is 0 Å². The van der Waals surface area contributed by atoms with E-state index < -0.39 is 23.3 Å². The lowest BCUT2D eigenvalue weighted by Gasteiger charge is -2.49. The standard InChI is InChI=1S/C20H18N4O4S2/c25-15(8-13-6-7-21-11-22-13)23-16-18(26)24-17(20(27)28)12(10-30-19(16)24)9-29-14-4-2-1-3-5-14/h1-7,11,16,19H,8-10H2,(H,23,25)(H,27,28)/t16-,19?/m1/s1. The van der Waals surface area contributed by atoms with Crippen LogP contribution in [0.4, 0.5) is 0 Å². The fourth-order valence-electron chi connectivity index (χ4n) is 3.29. The normalized spacial score (nSPS) is 20.4.